The molecule has 0 spiro atoms. The maximum Gasteiger partial charge on any atom is 0.243 e. The molecule has 0 saturated carbocycles. The molecule has 33 heavy (non-hydrogen) atoms. The molecular formula is C24H31ClN2O5S. The van der Waals surface area contributed by atoms with Gasteiger partial charge in [-0.3, -0.25) is 9.10 Å². The Hall–Kier alpha value is -2.29. The molecule has 9 heteroatoms. The number of anilines is 1. The fourth-order valence-electron chi connectivity index (χ4n) is 4.35. The molecule has 2 aromatic carbocycles. The highest BCUT2D eigenvalue weighted by Crippen LogP contribution is 2.35. The molecule has 0 bridgehead atoms. The third-order valence-corrected chi connectivity index (χ3v) is 7.63. The van der Waals surface area contributed by atoms with Crippen LogP contribution in [0.15, 0.2) is 48.5 Å². The molecular weight excluding hydrogens is 464 g/mol. The lowest BCUT2D eigenvalue weighted by Crippen LogP contribution is -2.52. The second-order valence-corrected chi connectivity index (χ2v) is 10.5. The minimum absolute atomic E-state index is 0.257. The van der Waals surface area contributed by atoms with Crippen LogP contribution in [-0.4, -0.2) is 53.5 Å². The highest BCUT2D eigenvalue weighted by molar-refractivity contribution is 7.92. The number of carbonyl (C=O) groups excluding carboxylic acids is 1. The first-order chi connectivity index (χ1) is 15.7. The standard InChI is InChI=1S/C24H31ClN2O5S/c1-4-21(27(33(3,29)30)19-10-11-22(31-2)20(25)16-19)23(28)26-17-24(12-14-32-15-13-24)18-8-6-5-7-9-18/h5-11,16,21H,4,12-15,17H2,1-3H3,(H,26,28)/t21-/m0/s1. The van der Waals surface area contributed by atoms with Gasteiger partial charge < -0.3 is 14.8 Å². The van der Waals surface area contributed by atoms with E-state index in [1.165, 1.54) is 13.2 Å². The lowest BCUT2D eigenvalue weighted by molar-refractivity contribution is -0.122. The predicted molar refractivity (Wildman–Crippen MR) is 131 cm³/mol. The molecule has 1 fully saturated rings. The Balaban J connectivity index is 1.87. The average molecular weight is 495 g/mol. The molecule has 1 amide bonds. The van der Waals surface area contributed by atoms with E-state index in [0.29, 0.717) is 37.6 Å². The zero-order valence-electron chi connectivity index (χ0n) is 19.2. The summed E-state index contributed by atoms with van der Waals surface area (Å²) in [6, 6.07) is 13.8. The summed E-state index contributed by atoms with van der Waals surface area (Å²) in [7, 11) is -2.29. The maximum atomic E-state index is 13.4. The number of halogens is 1. The third-order valence-electron chi connectivity index (χ3n) is 6.16. The van der Waals surface area contributed by atoms with Crippen molar-refractivity contribution in [2.75, 3.05) is 37.4 Å². The molecule has 1 aliphatic heterocycles. The molecule has 3 rings (SSSR count). The zero-order chi connectivity index (χ0) is 24.1. The van der Waals surface area contributed by atoms with Crippen LogP contribution in [0.5, 0.6) is 5.75 Å². The Morgan fingerprint density at radius 3 is 2.42 bits per heavy atom. The number of nitrogens with one attached hydrogen (secondary N) is 1. The van der Waals surface area contributed by atoms with E-state index in [0.717, 1.165) is 29.0 Å². The van der Waals surface area contributed by atoms with Gasteiger partial charge in [-0.25, -0.2) is 8.42 Å². The van der Waals surface area contributed by atoms with Gasteiger partial charge in [-0.05, 0) is 43.0 Å². The van der Waals surface area contributed by atoms with E-state index in [1.54, 1.807) is 19.1 Å². The van der Waals surface area contributed by atoms with Crippen molar-refractivity contribution < 1.29 is 22.7 Å². The lowest BCUT2D eigenvalue weighted by atomic mass is 9.74. The first-order valence-electron chi connectivity index (χ1n) is 11.0. The molecule has 0 aromatic heterocycles. The lowest BCUT2D eigenvalue weighted by Gasteiger charge is -2.39. The van der Waals surface area contributed by atoms with Crippen molar-refractivity contribution in [1.82, 2.24) is 5.32 Å². The van der Waals surface area contributed by atoms with Gasteiger partial charge in [0.25, 0.3) is 0 Å². The van der Waals surface area contributed by atoms with Crippen molar-refractivity contribution in [2.45, 2.75) is 37.6 Å². The summed E-state index contributed by atoms with van der Waals surface area (Å²) in [5, 5.41) is 3.31. The van der Waals surface area contributed by atoms with Gasteiger partial charge in [0.05, 0.1) is 24.1 Å². The Labute approximate surface area is 201 Å². The van der Waals surface area contributed by atoms with Crippen molar-refractivity contribution >= 4 is 33.2 Å². The summed E-state index contributed by atoms with van der Waals surface area (Å²) in [5.74, 6) is 0.0763. The molecule has 1 N–H and O–H groups in total. The minimum atomic E-state index is -3.77. The summed E-state index contributed by atoms with van der Waals surface area (Å²) in [4.78, 5) is 13.4. The first kappa shape index (κ1) is 25.3. The molecule has 1 saturated heterocycles. The van der Waals surface area contributed by atoms with Crippen molar-refractivity contribution in [1.29, 1.82) is 0 Å². The molecule has 1 aliphatic rings. The van der Waals surface area contributed by atoms with E-state index in [-0.39, 0.29) is 16.3 Å². The molecule has 0 aliphatic carbocycles. The van der Waals surface area contributed by atoms with Gasteiger partial charge in [0.2, 0.25) is 15.9 Å². The van der Waals surface area contributed by atoms with Gasteiger partial charge in [-0.2, -0.15) is 0 Å². The minimum Gasteiger partial charge on any atom is -0.495 e. The van der Waals surface area contributed by atoms with Gasteiger partial charge in [0.15, 0.2) is 0 Å². The largest absolute Gasteiger partial charge is 0.495 e. The van der Waals surface area contributed by atoms with Crippen LogP contribution in [0.2, 0.25) is 5.02 Å². The number of sulfonamides is 1. The number of rotatable bonds is 9. The average Bonchev–Trinajstić information content (AvgIpc) is 2.81. The number of amides is 1. The summed E-state index contributed by atoms with van der Waals surface area (Å²) in [5.41, 5.74) is 1.20. The molecule has 0 radical (unpaired) electrons. The Kier molecular flexibility index (Phi) is 8.26. The first-order valence-corrected chi connectivity index (χ1v) is 13.2. The van der Waals surface area contributed by atoms with Crippen molar-refractivity contribution in [3.63, 3.8) is 0 Å². The van der Waals surface area contributed by atoms with E-state index in [4.69, 9.17) is 21.1 Å². The second-order valence-electron chi connectivity index (χ2n) is 8.28. The summed E-state index contributed by atoms with van der Waals surface area (Å²) in [6.45, 7) is 3.41. The second kappa shape index (κ2) is 10.8. The van der Waals surface area contributed by atoms with Crippen LogP contribution in [0, 0.1) is 0 Å². The summed E-state index contributed by atoms with van der Waals surface area (Å²) < 4.78 is 37.4. The molecule has 2 aromatic rings. The van der Waals surface area contributed by atoms with Gasteiger partial charge in [0, 0.05) is 25.2 Å². The summed E-state index contributed by atoms with van der Waals surface area (Å²) in [6.07, 6.45) is 2.94. The normalized spacial score (nSPS) is 16.6. The van der Waals surface area contributed by atoms with Crippen LogP contribution in [0.1, 0.15) is 31.7 Å². The van der Waals surface area contributed by atoms with Gasteiger partial charge >= 0.3 is 0 Å². The molecule has 1 atom stereocenters. The van der Waals surface area contributed by atoms with Crippen LogP contribution in [0.4, 0.5) is 5.69 Å². The Morgan fingerprint density at radius 2 is 1.88 bits per heavy atom. The molecule has 180 valence electrons. The van der Waals surface area contributed by atoms with E-state index in [1.807, 2.05) is 18.2 Å². The molecule has 7 nitrogen and oxygen atoms in total. The van der Waals surface area contributed by atoms with E-state index >= 15 is 0 Å². The number of carbonyl (C=O) groups is 1. The van der Waals surface area contributed by atoms with E-state index < -0.39 is 16.1 Å². The SMILES string of the molecule is CC[C@@H](C(=O)NCC1(c2ccccc2)CCOCC1)N(c1ccc(OC)c(Cl)c1)S(C)(=O)=O. The Morgan fingerprint density at radius 1 is 1.21 bits per heavy atom. The number of methoxy groups -OCH3 is 1. The quantitative estimate of drug-likeness (QED) is 0.573. The molecule has 1 heterocycles. The molecule has 0 unspecified atom stereocenters. The van der Waals surface area contributed by atoms with Crippen molar-refractivity contribution in [3.8, 4) is 5.75 Å². The van der Waals surface area contributed by atoms with Crippen LogP contribution >= 0.6 is 11.6 Å². The number of hydrogen-bond acceptors (Lipinski definition) is 5. The highest BCUT2D eigenvalue weighted by atomic mass is 35.5. The zero-order valence-corrected chi connectivity index (χ0v) is 20.8. The summed E-state index contributed by atoms with van der Waals surface area (Å²) >= 11 is 6.24. The van der Waals surface area contributed by atoms with Crippen LogP contribution < -0.4 is 14.4 Å². The van der Waals surface area contributed by atoms with E-state index in [9.17, 15) is 13.2 Å². The fraction of sp³-hybridized carbons (Fsp3) is 0.458. The number of nitrogens with zero attached hydrogens (tertiary/aromatic N) is 1. The van der Waals surface area contributed by atoms with Crippen molar-refractivity contribution in [3.05, 3.63) is 59.1 Å². The fourth-order valence-corrected chi connectivity index (χ4v) is 5.80. The maximum absolute atomic E-state index is 13.4. The van der Waals surface area contributed by atoms with Crippen LogP contribution in [0.25, 0.3) is 0 Å². The van der Waals surface area contributed by atoms with Crippen LogP contribution in [-0.2, 0) is 25.0 Å². The smallest absolute Gasteiger partial charge is 0.243 e. The Bertz CT molecular complexity index is 1060. The van der Waals surface area contributed by atoms with Gasteiger partial charge in [-0.1, -0.05) is 48.9 Å². The van der Waals surface area contributed by atoms with Gasteiger partial charge in [0.1, 0.15) is 11.8 Å². The topological polar surface area (TPSA) is 84.9 Å². The van der Waals surface area contributed by atoms with Gasteiger partial charge in [-0.15, -0.1) is 0 Å². The monoisotopic (exact) mass is 494 g/mol. The van der Waals surface area contributed by atoms with Crippen molar-refractivity contribution in [2.24, 2.45) is 0 Å². The highest BCUT2D eigenvalue weighted by Gasteiger charge is 2.37. The third kappa shape index (κ3) is 5.80. The number of ether oxygens (including phenoxy) is 2. The van der Waals surface area contributed by atoms with E-state index in [2.05, 4.69) is 17.4 Å². The number of hydrogen-bond donors (Lipinski definition) is 1. The predicted octanol–water partition coefficient (Wildman–Crippen LogP) is 3.76. The number of benzene rings is 2. The van der Waals surface area contributed by atoms with Crippen LogP contribution in [0.3, 0.4) is 0 Å².